The molecule has 0 spiro atoms. The van der Waals surface area contributed by atoms with Crippen LogP contribution in [0.5, 0.6) is 0 Å². The maximum Gasteiger partial charge on any atom is 0.451 e. The largest absolute Gasteiger partial charge is 0.451 e. The minimum Gasteiger partial charge on any atom is -0.351 e. The molecule has 8 nitrogen and oxygen atoms in total. The van der Waals surface area contributed by atoms with E-state index in [0.717, 1.165) is 40.0 Å². The molecule has 1 aliphatic heterocycles. The molecule has 1 aromatic carbocycles. The molecule has 4 heterocycles. The molecule has 3 atom stereocenters. The summed E-state index contributed by atoms with van der Waals surface area (Å²) in [6, 6.07) is 8.69. The Hall–Kier alpha value is -3.49. The number of nitrogens with zero attached hydrogens (tertiary/aromatic N) is 4. The van der Waals surface area contributed by atoms with Crippen molar-refractivity contribution in [3.8, 4) is 11.3 Å². The van der Waals surface area contributed by atoms with Crippen molar-refractivity contribution in [2.24, 2.45) is 5.92 Å². The van der Waals surface area contributed by atoms with Crippen molar-refractivity contribution in [2.45, 2.75) is 49.3 Å². The molecular formula is C26H23F4N5O3S2. The van der Waals surface area contributed by atoms with Gasteiger partial charge in [0.25, 0.3) is 10.0 Å². The third-order valence-corrected chi connectivity index (χ3v) is 10.5. The second kappa shape index (κ2) is 10.5. The van der Waals surface area contributed by atoms with Gasteiger partial charge in [-0.25, -0.2) is 22.8 Å². The lowest BCUT2D eigenvalue weighted by molar-refractivity contribution is -0.145. The van der Waals surface area contributed by atoms with Crippen molar-refractivity contribution in [3.05, 3.63) is 72.2 Å². The lowest BCUT2D eigenvalue weighted by atomic mass is 10.0. The number of carbonyl (C=O) groups excluding carboxylic acids is 1. The SMILES string of the molecule is C[C@@H]1C[C@@H](C(=O)NCc2cc(-c3cnc(C(F)(F)F)nc3)ncc2F)N(S(=O)(=O)c2cc3ccccc3s2)[C@H]1C. The molecule has 0 saturated carbocycles. The van der Waals surface area contributed by atoms with E-state index in [1.807, 2.05) is 31.2 Å². The minimum absolute atomic E-state index is 0.0104. The fourth-order valence-corrected chi connectivity index (χ4v) is 8.05. The number of rotatable bonds is 6. The Morgan fingerprint density at radius 3 is 2.48 bits per heavy atom. The summed E-state index contributed by atoms with van der Waals surface area (Å²) in [7, 11) is -4.01. The van der Waals surface area contributed by atoms with Crippen LogP contribution in [0.25, 0.3) is 21.3 Å². The molecule has 5 rings (SSSR count). The number of thiophene rings is 1. The van der Waals surface area contributed by atoms with E-state index in [4.69, 9.17) is 0 Å². The van der Waals surface area contributed by atoms with Gasteiger partial charge in [-0.1, -0.05) is 25.1 Å². The van der Waals surface area contributed by atoms with Crippen LogP contribution in [0.4, 0.5) is 17.6 Å². The summed E-state index contributed by atoms with van der Waals surface area (Å²) in [5.41, 5.74) is 0.243. The molecule has 40 heavy (non-hydrogen) atoms. The fourth-order valence-electron chi connectivity index (χ4n) is 4.67. The highest BCUT2D eigenvalue weighted by Gasteiger charge is 2.47. The van der Waals surface area contributed by atoms with Crippen molar-refractivity contribution < 1.29 is 30.8 Å². The number of hydrogen-bond donors (Lipinski definition) is 1. The predicted molar refractivity (Wildman–Crippen MR) is 140 cm³/mol. The smallest absolute Gasteiger partial charge is 0.351 e. The van der Waals surface area contributed by atoms with Gasteiger partial charge in [-0.05, 0) is 42.8 Å². The summed E-state index contributed by atoms with van der Waals surface area (Å²) in [6.07, 6.45) is -1.69. The van der Waals surface area contributed by atoms with Crippen molar-refractivity contribution in [2.75, 3.05) is 0 Å². The van der Waals surface area contributed by atoms with Crippen molar-refractivity contribution in [3.63, 3.8) is 0 Å². The highest BCUT2D eigenvalue weighted by atomic mass is 32.2. The molecule has 1 amide bonds. The highest BCUT2D eigenvalue weighted by molar-refractivity contribution is 7.91. The van der Waals surface area contributed by atoms with Gasteiger partial charge in [0.2, 0.25) is 11.7 Å². The van der Waals surface area contributed by atoms with Crippen molar-refractivity contribution >= 4 is 37.4 Å². The number of hydrogen-bond acceptors (Lipinski definition) is 7. The first kappa shape index (κ1) is 28.1. The third-order valence-electron chi connectivity index (χ3n) is 6.95. The Kier molecular flexibility index (Phi) is 7.35. The number of sulfonamides is 1. The molecule has 14 heteroatoms. The number of fused-ring (bicyclic) bond motifs is 1. The minimum atomic E-state index is -4.71. The number of alkyl halides is 3. The second-order valence-electron chi connectivity index (χ2n) is 9.58. The number of pyridine rings is 1. The zero-order valence-corrected chi connectivity index (χ0v) is 22.8. The van der Waals surface area contributed by atoms with Crippen LogP contribution in [-0.4, -0.2) is 45.7 Å². The third kappa shape index (κ3) is 5.30. The van der Waals surface area contributed by atoms with Crippen LogP contribution in [0.1, 0.15) is 31.7 Å². The Morgan fingerprint density at radius 2 is 1.80 bits per heavy atom. The Balaban J connectivity index is 1.35. The number of carbonyl (C=O) groups is 1. The van der Waals surface area contributed by atoms with Gasteiger partial charge in [-0.15, -0.1) is 11.3 Å². The van der Waals surface area contributed by atoms with Crippen LogP contribution < -0.4 is 5.32 Å². The molecular weight excluding hydrogens is 570 g/mol. The van der Waals surface area contributed by atoms with E-state index in [0.29, 0.717) is 0 Å². The molecule has 1 fully saturated rings. The number of benzene rings is 1. The zero-order chi connectivity index (χ0) is 28.8. The van der Waals surface area contributed by atoms with E-state index in [1.165, 1.54) is 10.4 Å². The fraction of sp³-hybridized carbons (Fsp3) is 0.308. The normalized spacial score (nSPS) is 20.2. The molecule has 0 aliphatic carbocycles. The zero-order valence-electron chi connectivity index (χ0n) is 21.2. The maximum atomic E-state index is 14.5. The van der Waals surface area contributed by atoms with E-state index in [9.17, 15) is 30.8 Å². The maximum absolute atomic E-state index is 14.5. The number of halogens is 4. The van der Waals surface area contributed by atoms with E-state index in [-0.39, 0.29) is 39.9 Å². The first-order chi connectivity index (χ1) is 18.9. The van der Waals surface area contributed by atoms with E-state index in [2.05, 4.69) is 20.3 Å². The van der Waals surface area contributed by atoms with E-state index >= 15 is 0 Å². The summed E-state index contributed by atoms with van der Waals surface area (Å²) < 4.78 is 82.4. The number of amides is 1. The molecule has 0 unspecified atom stereocenters. The van der Waals surface area contributed by atoms with Gasteiger partial charge in [-0.2, -0.15) is 17.5 Å². The Bertz CT molecular complexity index is 1640. The first-order valence-corrected chi connectivity index (χ1v) is 14.5. The van der Waals surface area contributed by atoms with Crippen LogP contribution in [0, 0.1) is 11.7 Å². The van der Waals surface area contributed by atoms with E-state index < -0.39 is 45.8 Å². The average Bonchev–Trinajstić information content (AvgIpc) is 3.49. The molecule has 210 valence electrons. The highest BCUT2D eigenvalue weighted by Crippen LogP contribution is 2.38. The Labute approximate surface area is 231 Å². The number of nitrogens with one attached hydrogen (secondary N) is 1. The lowest BCUT2D eigenvalue weighted by Gasteiger charge is -2.27. The van der Waals surface area contributed by atoms with Crippen LogP contribution in [0.3, 0.4) is 0 Å². The van der Waals surface area contributed by atoms with Crippen LogP contribution >= 0.6 is 11.3 Å². The topological polar surface area (TPSA) is 105 Å². The molecule has 1 saturated heterocycles. The first-order valence-electron chi connectivity index (χ1n) is 12.2. The van der Waals surface area contributed by atoms with Gasteiger partial charge in [0.05, 0.1) is 11.9 Å². The monoisotopic (exact) mass is 593 g/mol. The van der Waals surface area contributed by atoms with Gasteiger partial charge in [0.1, 0.15) is 16.1 Å². The van der Waals surface area contributed by atoms with Gasteiger partial charge in [0.15, 0.2) is 0 Å². The lowest BCUT2D eigenvalue weighted by Crippen LogP contribution is -2.48. The standard InChI is InChI=1S/C26H23F4N5O3S2/c1-14-7-21(35(15(14)2)40(37,38)23-9-16-5-3-4-6-22(16)39-23)24(36)32-10-17-8-20(31-13-19(17)27)18-11-33-25(34-12-18)26(28,29)30/h3-6,8-9,11-15,21H,7,10H2,1-2H3,(H,32,36)/t14-,15+,21+/m1/s1. The second-order valence-corrected chi connectivity index (χ2v) is 12.7. The number of aromatic nitrogens is 3. The molecule has 4 aromatic rings. The van der Waals surface area contributed by atoms with E-state index in [1.54, 1.807) is 13.0 Å². The van der Waals surface area contributed by atoms with Crippen LogP contribution in [0.15, 0.2) is 59.2 Å². The van der Waals surface area contributed by atoms with Crippen LogP contribution in [-0.2, 0) is 27.5 Å². The summed E-state index contributed by atoms with van der Waals surface area (Å²) in [5.74, 6) is -2.76. The van der Waals surface area contributed by atoms with Gasteiger partial charge in [-0.3, -0.25) is 9.78 Å². The van der Waals surface area contributed by atoms with Crippen LogP contribution in [0.2, 0.25) is 0 Å². The summed E-state index contributed by atoms with van der Waals surface area (Å²) in [5, 5.41) is 3.41. The molecule has 1 N–H and O–H groups in total. The van der Waals surface area contributed by atoms with Gasteiger partial charge >= 0.3 is 6.18 Å². The van der Waals surface area contributed by atoms with Crippen molar-refractivity contribution in [1.82, 2.24) is 24.6 Å². The average molecular weight is 594 g/mol. The molecule has 0 radical (unpaired) electrons. The molecule has 1 aliphatic rings. The Morgan fingerprint density at radius 1 is 1.10 bits per heavy atom. The molecule has 0 bridgehead atoms. The summed E-state index contributed by atoms with van der Waals surface area (Å²) in [4.78, 5) is 23.8. The van der Waals surface area contributed by atoms with Gasteiger partial charge in [0, 0.05) is 40.8 Å². The van der Waals surface area contributed by atoms with Crippen molar-refractivity contribution in [1.29, 1.82) is 0 Å². The van der Waals surface area contributed by atoms with Gasteiger partial charge < -0.3 is 5.32 Å². The summed E-state index contributed by atoms with van der Waals surface area (Å²) >= 11 is 1.13. The predicted octanol–water partition coefficient (Wildman–Crippen LogP) is 5.02. The molecule has 3 aromatic heterocycles. The summed E-state index contributed by atoms with van der Waals surface area (Å²) in [6.45, 7) is 3.33. The quantitative estimate of drug-likeness (QED) is 0.315.